The minimum atomic E-state index is 0.196. The normalized spacial score (nSPS) is 17.7. The van der Waals surface area contributed by atoms with Crippen LogP contribution in [0.2, 0.25) is 0 Å². The molecule has 0 radical (unpaired) electrons. The Kier molecular flexibility index (Phi) is 4.41. The van der Waals surface area contributed by atoms with Gasteiger partial charge in [-0.3, -0.25) is 0 Å². The van der Waals surface area contributed by atoms with Gasteiger partial charge in [-0.1, -0.05) is 36.4 Å². The number of ether oxygens (including phenoxy) is 3. The summed E-state index contributed by atoms with van der Waals surface area (Å²) >= 11 is 0. The van der Waals surface area contributed by atoms with Gasteiger partial charge in [0.15, 0.2) is 11.5 Å². The molecule has 1 atom stereocenters. The lowest BCUT2D eigenvalue weighted by atomic mass is 10.1. The summed E-state index contributed by atoms with van der Waals surface area (Å²) in [5, 5.41) is 0. The topological polar surface area (TPSA) is 27.7 Å². The quantitative estimate of drug-likeness (QED) is 0.826. The highest BCUT2D eigenvalue weighted by molar-refractivity contribution is 5.43. The second-order valence-corrected chi connectivity index (χ2v) is 5.19. The summed E-state index contributed by atoms with van der Waals surface area (Å²) < 4.78 is 17.0. The zero-order chi connectivity index (χ0) is 14.5. The molecule has 1 unspecified atom stereocenters. The van der Waals surface area contributed by atoms with Gasteiger partial charge in [0.25, 0.3) is 0 Å². The lowest BCUT2D eigenvalue weighted by molar-refractivity contribution is 0.111. The number of hydrogen-bond donors (Lipinski definition) is 0. The van der Waals surface area contributed by atoms with Crippen LogP contribution in [0, 0.1) is 0 Å². The third-order valence-corrected chi connectivity index (χ3v) is 3.73. The van der Waals surface area contributed by atoms with Crippen LogP contribution in [0.5, 0.6) is 11.5 Å². The third kappa shape index (κ3) is 3.37. The molecule has 0 aromatic heterocycles. The molecule has 0 saturated carbocycles. The Morgan fingerprint density at radius 1 is 1.10 bits per heavy atom. The van der Waals surface area contributed by atoms with E-state index in [1.54, 1.807) is 7.11 Å². The van der Waals surface area contributed by atoms with E-state index in [9.17, 15) is 0 Å². The molecule has 2 aromatic carbocycles. The fraction of sp³-hybridized carbons (Fsp3) is 0.333. The van der Waals surface area contributed by atoms with Gasteiger partial charge in [0, 0.05) is 6.61 Å². The van der Waals surface area contributed by atoms with E-state index in [-0.39, 0.29) is 6.10 Å². The van der Waals surface area contributed by atoms with Gasteiger partial charge >= 0.3 is 0 Å². The van der Waals surface area contributed by atoms with Crippen molar-refractivity contribution < 1.29 is 14.2 Å². The molecule has 0 aliphatic carbocycles. The molecule has 1 aliphatic heterocycles. The molecule has 21 heavy (non-hydrogen) atoms. The molecule has 1 aliphatic rings. The molecule has 1 saturated heterocycles. The predicted molar refractivity (Wildman–Crippen MR) is 81.7 cm³/mol. The summed E-state index contributed by atoms with van der Waals surface area (Å²) in [6.07, 6.45) is 2.40. The highest BCUT2D eigenvalue weighted by atomic mass is 16.5. The molecule has 3 rings (SSSR count). The maximum atomic E-state index is 5.87. The predicted octanol–water partition coefficient (Wildman–Crippen LogP) is 4.13. The minimum absolute atomic E-state index is 0.196. The summed E-state index contributed by atoms with van der Waals surface area (Å²) in [4.78, 5) is 0. The second kappa shape index (κ2) is 6.64. The molecular weight excluding hydrogens is 264 g/mol. The molecular formula is C18H20O3. The van der Waals surface area contributed by atoms with Crippen molar-refractivity contribution in [2.45, 2.75) is 25.6 Å². The molecule has 0 spiro atoms. The standard InChI is InChI=1S/C18H20O3/c1-19-18-12-15(16-8-5-11-20-16)9-10-17(18)21-13-14-6-3-2-4-7-14/h2-4,6-7,9-10,12,16H,5,8,11,13H2,1H3. The molecule has 110 valence electrons. The fourth-order valence-electron chi connectivity index (χ4n) is 2.58. The highest BCUT2D eigenvalue weighted by Gasteiger charge is 2.19. The van der Waals surface area contributed by atoms with E-state index in [4.69, 9.17) is 14.2 Å². The Balaban J connectivity index is 1.72. The first-order valence-corrected chi connectivity index (χ1v) is 7.33. The maximum Gasteiger partial charge on any atom is 0.161 e. The molecule has 2 aromatic rings. The summed E-state index contributed by atoms with van der Waals surface area (Å²) in [5.41, 5.74) is 2.30. The Labute approximate surface area is 125 Å². The van der Waals surface area contributed by atoms with E-state index >= 15 is 0 Å². The number of rotatable bonds is 5. The summed E-state index contributed by atoms with van der Waals surface area (Å²) in [6, 6.07) is 16.2. The van der Waals surface area contributed by atoms with Gasteiger partial charge in [-0.25, -0.2) is 0 Å². The number of benzene rings is 2. The molecule has 3 heteroatoms. The van der Waals surface area contributed by atoms with E-state index in [2.05, 4.69) is 6.07 Å². The van der Waals surface area contributed by atoms with Crippen LogP contribution >= 0.6 is 0 Å². The van der Waals surface area contributed by atoms with Gasteiger partial charge < -0.3 is 14.2 Å². The molecule has 0 bridgehead atoms. The van der Waals surface area contributed by atoms with Crippen LogP contribution in [0.1, 0.15) is 30.1 Å². The van der Waals surface area contributed by atoms with E-state index in [0.717, 1.165) is 42.1 Å². The monoisotopic (exact) mass is 284 g/mol. The van der Waals surface area contributed by atoms with Crippen molar-refractivity contribution in [2.75, 3.05) is 13.7 Å². The van der Waals surface area contributed by atoms with Gasteiger partial charge in [0.05, 0.1) is 13.2 Å². The molecule has 1 heterocycles. The summed E-state index contributed by atoms with van der Waals surface area (Å²) in [7, 11) is 1.67. The third-order valence-electron chi connectivity index (χ3n) is 3.73. The highest BCUT2D eigenvalue weighted by Crippen LogP contribution is 2.35. The van der Waals surface area contributed by atoms with E-state index in [0.29, 0.717) is 6.61 Å². The summed E-state index contributed by atoms with van der Waals surface area (Å²) in [5.74, 6) is 1.53. The van der Waals surface area contributed by atoms with Crippen LogP contribution in [0.15, 0.2) is 48.5 Å². The van der Waals surface area contributed by atoms with Crippen LogP contribution in [0.3, 0.4) is 0 Å². The first-order valence-electron chi connectivity index (χ1n) is 7.33. The maximum absolute atomic E-state index is 5.87. The molecule has 0 N–H and O–H groups in total. The molecule has 0 amide bonds. The van der Waals surface area contributed by atoms with Crippen LogP contribution in [-0.2, 0) is 11.3 Å². The average molecular weight is 284 g/mol. The number of methoxy groups -OCH3 is 1. The van der Waals surface area contributed by atoms with E-state index < -0.39 is 0 Å². The second-order valence-electron chi connectivity index (χ2n) is 5.19. The summed E-state index contributed by atoms with van der Waals surface area (Å²) in [6.45, 7) is 1.38. The van der Waals surface area contributed by atoms with Crippen molar-refractivity contribution in [1.82, 2.24) is 0 Å². The Morgan fingerprint density at radius 2 is 1.95 bits per heavy atom. The van der Waals surface area contributed by atoms with Crippen LogP contribution in [0.25, 0.3) is 0 Å². The Bertz CT molecular complexity index is 574. The van der Waals surface area contributed by atoms with E-state index in [1.165, 1.54) is 0 Å². The Morgan fingerprint density at radius 3 is 2.67 bits per heavy atom. The van der Waals surface area contributed by atoms with Gasteiger partial charge in [-0.2, -0.15) is 0 Å². The zero-order valence-corrected chi connectivity index (χ0v) is 12.2. The first kappa shape index (κ1) is 14.0. The van der Waals surface area contributed by atoms with Gasteiger partial charge in [-0.15, -0.1) is 0 Å². The van der Waals surface area contributed by atoms with Crippen molar-refractivity contribution in [2.24, 2.45) is 0 Å². The van der Waals surface area contributed by atoms with Crippen molar-refractivity contribution in [1.29, 1.82) is 0 Å². The van der Waals surface area contributed by atoms with E-state index in [1.807, 2.05) is 42.5 Å². The average Bonchev–Trinajstić information content (AvgIpc) is 3.08. The SMILES string of the molecule is COc1cc(C2CCCO2)ccc1OCc1ccccc1. The van der Waals surface area contributed by atoms with Crippen LogP contribution < -0.4 is 9.47 Å². The number of hydrogen-bond acceptors (Lipinski definition) is 3. The van der Waals surface area contributed by atoms with Crippen molar-refractivity contribution in [3.63, 3.8) is 0 Å². The molecule has 3 nitrogen and oxygen atoms in total. The van der Waals surface area contributed by atoms with Crippen LogP contribution in [-0.4, -0.2) is 13.7 Å². The van der Waals surface area contributed by atoms with Crippen LogP contribution in [0.4, 0.5) is 0 Å². The smallest absolute Gasteiger partial charge is 0.161 e. The first-order chi connectivity index (χ1) is 10.4. The van der Waals surface area contributed by atoms with Crippen molar-refractivity contribution in [3.8, 4) is 11.5 Å². The zero-order valence-electron chi connectivity index (χ0n) is 12.2. The Hall–Kier alpha value is -2.00. The largest absolute Gasteiger partial charge is 0.493 e. The van der Waals surface area contributed by atoms with Crippen molar-refractivity contribution >= 4 is 0 Å². The molecule has 1 fully saturated rings. The fourth-order valence-corrected chi connectivity index (χ4v) is 2.58. The van der Waals surface area contributed by atoms with Gasteiger partial charge in [-0.05, 0) is 36.1 Å². The lowest BCUT2D eigenvalue weighted by Crippen LogP contribution is -2.00. The minimum Gasteiger partial charge on any atom is -0.493 e. The van der Waals surface area contributed by atoms with Crippen molar-refractivity contribution in [3.05, 3.63) is 59.7 Å². The van der Waals surface area contributed by atoms with Gasteiger partial charge in [0.2, 0.25) is 0 Å². The van der Waals surface area contributed by atoms with Gasteiger partial charge in [0.1, 0.15) is 6.61 Å². The lowest BCUT2D eigenvalue weighted by Gasteiger charge is -2.15.